The number of thioether (sulfide) groups is 1. The molecular weight excluding hydrogens is 398 g/mol. The van der Waals surface area contributed by atoms with Crippen LogP contribution in [0.3, 0.4) is 0 Å². The normalized spacial score (nSPS) is 10.6. The molecule has 0 spiro atoms. The minimum atomic E-state index is -0.0819. The van der Waals surface area contributed by atoms with Crippen LogP contribution >= 0.6 is 11.8 Å². The fourth-order valence-electron chi connectivity index (χ4n) is 2.90. The van der Waals surface area contributed by atoms with Crippen molar-refractivity contribution in [1.29, 1.82) is 0 Å². The number of carbonyl (C=O) groups excluding carboxylic acids is 1. The number of carbonyl (C=O) groups is 1. The third-order valence-electron chi connectivity index (χ3n) is 4.34. The molecule has 0 aliphatic carbocycles. The lowest BCUT2D eigenvalue weighted by Gasteiger charge is -2.22. The molecule has 150 valence electrons. The predicted octanol–water partition coefficient (Wildman–Crippen LogP) is 5.20. The van der Waals surface area contributed by atoms with Gasteiger partial charge in [0, 0.05) is 16.9 Å². The largest absolute Gasteiger partial charge is 0.497 e. The van der Waals surface area contributed by atoms with Gasteiger partial charge in [-0.1, -0.05) is 48.2 Å². The van der Waals surface area contributed by atoms with Crippen molar-refractivity contribution in [2.45, 2.75) is 5.22 Å². The predicted molar refractivity (Wildman–Crippen MR) is 117 cm³/mol. The molecular formula is C23H19N3O3S. The second-order valence-corrected chi connectivity index (χ2v) is 7.22. The van der Waals surface area contributed by atoms with Crippen molar-refractivity contribution in [1.82, 2.24) is 10.2 Å². The first-order chi connectivity index (χ1) is 14.7. The van der Waals surface area contributed by atoms with Crippen LogP contribution in [-0.2, 0) is 4.79 Å². The van der Waals surface area contributed by atoms with Crippen molar-refractivity contribution >= 4 is 29.0 Å². The highest BCUT2D eigenvalue weighted by Crippen LogP contribution is 2.28. The van der Waals surface area contributed by atoms with Crippen molar-refractivity contribution in [3.05, 3.63) is 84.9 Å². The Morgan fingerprint density at radius 1 is 0.900 bits per heavy atom. The summed E-state index contributed by atoms with van der Waals surface area (Å²) in [6.07, 6.45) is 0. The molecule has 0 aliphatic heterocycles. The van der Waals surface area contributed by atoms with E-state index in [1.807, 2.05) is 84.9 Å². The fourth-order valence-corrected chi connectivity index (χ4v) is 3.51. The maximum absolute atomic E-state index is 13.1. The van der Waals surface area contributed by atoms with Crippen LogP contribution in [0.1, 0.15) is 0 Å². The molecule has 0 unspecified atom stereocenters. The molecule has 0 N–H and O–H groups in total. The van der Waals surface area contributed by atoms with Crippen LogP contribution in [-0.4, -0.2) is 29.0 Å². The molecule has 0 aliphatic rings. The molecule has 0 saturated heterocycles. The summed E-state index contributed by atoms with van der Waals surface area (Å²) in [7, 11) is 1.61. The van der Waals surface area contributed by atoms with E-state index >= 15 is 0 Å². The molecule has 4 aromatic rings. The quantitative estimate of drug-likeness (QED) is 0.385. The lowest BCUT2D eigenvalue weighted by molar-refractivity contribution is -0.115. The van der Waals surface area contributed by atoms with Gasteiger partial charge in [0.25, 0.3) is 5.22 Å². The summed E-state index contributed by atoms with van der Waals surface area (Å²) < 4.78 is 10.9. The molecule has 0 atom stereocenters. The number of hydrogen-bond donors (Lipinski definition) is 0. The summed E-state index contributed by atoms with van der Waals surface area (Å²) in [6.45, 7) is 0. The van der Waals surface area contributed by atoms with Crippen LogP contribution in [0.5, 0.6) is 5.75 Å². The van der Waals surface area contributed by atoms with Crippen molar-refractivity contribution in [3.63, 3.8) is 0 Å². The Labute approximate surface area is 178 Å². The third kappa shape index (κ3) is 4.52. The molecule has 30 heavy (non-hydrogen) atoms. The molecule has 0 fully saturated rings. The number of methoxy groups -OCH3 is 1. The van der Waals surface area contributed by atoms with Crippen LogP contribution in [0.4, 0.5) is 11.4 Å². The highest BCUT2D eigenvalue weighted by Gasteiger charge is 2.19. The van der Waals surface area contributed by atoms with Crippen molar-refractivity contribution < 1.29 is 13.9 Å². The van der Waals surface area contributed by atoms with E-state index in [4.69, 9.17) is 9.15 Å². The van der Waals surface area contributed by atoms with Gasteiger partial charge >= 0.3 is 0 Å². The highest BCUT2D eigenvalue weighted by atomic mass is 32.2. The van der Waals surface area contributed by atoms with Gasteiger partial charge < -0.3 is 9.15 Å². The molecule has 3 aromatic carbocycles. The van der Waals surface area contributed by atoms with Gasteiger partial charge in [-0.15, -0.1) is 10.2 Å². The van der Waals surface area contributed by atoms with Crippen molar-refractivity contribution in [3.8, 4) is 17.2 Å². The van der Waals surface area contributed by atoms with Gasteiger partial charge in [-0.2, -0.15) is 0 Å². The van der Waals surface area contributed by atoms with Gasteiger partial charge in [0.2, 0.25) is 11.8 Å². The number of benzene rings is 3. The third-order valence-corrected chi connectivity index (χ3v) is 5.14. The van der Waals surface area contributed by atoms with Gasteiger partial charge in [-0.05, 0) is 48.5 Å². The van der Waals surface area contributed by atoms with Crippen molar-refractivity contribution in [2.75, 3.05) is 17.8 Å². The molecule has 4 rings (SSSR count). The first kappa shape index (κ1) is 19.7. The maximum Gasteiger partial charge on any atom is 0.277 e. The monoisotopic (exact) mass is 417 g/mol. The first-order valence-corrected chi connectivity index (χ1v) is 10.3. The number of aromatic nitrogens is 2. The fraction of sp³-hybridized carbons (Fsp3) is 0.0870. The maximum atomic E-state index is 13.1. The Morgan fingerprint density at radius 2 is 1.50 bits per heavy atom. The minimum Gasteiger partial charge on any atom is -0.497 e. The molecule has 1 aromatic heterocycles. The zero-order valence-corrected chi connectivity index (χ0v) is 17.1. The van der Waals surface area contributed by atoms with E-state index in [-0.39, 0.29) is 11.7 Å². The van der Waals surface area contributed by atoms with Crippen LogP contribution < -0.4 is 9.64 Å². The topological polar surface area (TPSA) is 68.5 Å². The standard InChI is InChI=1S/C23H19N3O3S/c1-28-20-14-12-17(13-15-20)22-24-25-23(29-22)30-16-21(27)26(18-8-4-2-5-9-18)19-10-6-3-7-11-19/h2-15H,16H2,1H3. The number of nitrogens with zero attached hydrogens (tertiary/aromatic N) is 3. The molecule has 0 radical (unpaired) electrons. The average molecular weight is 417 g/mol. The van der Waals surface area contributed by atoms with Crippen LogP contribution in [0.25, 0.3) is 11.5 Å². The average Bonchev–Trinajstić information content (AvgIpc) is 3.28. The molecule has 0 saturated carbocycles. The Bertz CT molecular complexity index is 1060. The number of rotatable bonds is 7. The summed E-state index contributed by atoms with van der Waals surface area (Å²) in [4.78, 5) is 14.8. The van der Waals surface area contributed by atoms with Gasteiger partial charge in [-0.25, -0.2) is 0 Å². The molecule has 0 bridgehead atoms. The number of ether oxygens (including phenoxy) is 1. The van der Waals surface area contributed by atoms with Gasteiger partial charge in [0.15, 0.2) is 0 Å². The van der Waals surface area contributed by atoms with E-state index in [1.54, 1.807) is 12.0 Å². The van der Waals surface area contributed by atoms with Gasteiger partial charge in [0.1, 0.15) is 5.75 Å². The number of amides is 1. The molecule has 1 amide bonds. The lowest BCUT2D eigenvalue weighted by Crippen LogP contribution is -2.27. The van der Waals surface area contributed by atoms with E-state index in [2.05, 4.69) is 10.2 Å². The highest BCUT2D eigenvalue weighted by molar-refractivity contribution is 7.99. The summed E-state index contributed by atoms with van der Waals surface area (Å²) >= 11 is 1.21. The van der Waals surface area contributed by atoms with Gasteiger partial charge in [-0.3, -0.25) is 9.69 Å². The Hall–Kier alpha value is -3.58. The molecule has 1 heterocycles. The summed E-state index contributed by atoms with van der Waals surface area (Å²) in [6, 6.07) is 26.4. The number of para-hydroxylation sites is 2. The van der Waals surface area contributed by atoms with E-state index in [0.717, 1.165) is 22.7 Å². The molecule has 7 heteroatoms. The summed E-state index contributed by atoms with van der Waals surface area (Å²) in [5.74, 6) is 1.23. The Kier molecular flexibility index (Phi) is 6.10. The number of hydrogen-bond acceptors (Lipinski definition) is 6. The smallest absolute Gasteiger partial charge is 0.277 e. The molecule has 6 nitrogen and oxygen atoms in total. The van der Waals surface area contributed by atoms with Crippen LogP contribution in [0.15, 0.2) is 94.6 Å². The summed E-state index contributed by atoms with van der Waals surface area (Å²) in [5, 5.41) is 8.48. The van der Waals surface area contributed by atoms with E-state index in [9.17, 15) is 4.79 Å². The van der Waals surface area contributed by atoms with Crippen molar-refractivity contribution in [2.24, 2.45) is 0 Å². The van der Waals surface area contributed by atoms with Crippen LogP contribution in [0.2, 0.25) is 0 Å². The lowest BCUT2D eigenvalue weighted by atomic mass is 10.2. The van der Waals surface area contributed by atoms with E-state index < -0.39 is 0 Å². The van der Waals surface area contributed by atoms with E-state index in [0.29, 0.717) is 11.1 Å². The van der Waals surface area contributed by atoms with Crippen LogP contribution in [0, 0.1) is 0 Å². The SMILES string of the molecule is COc1ccc(-c2nnc(SCC(=O)N(c3ccccc3)c3ccccc3)o2)cc1. The summed E-state index contributed by atoms with van der Waals surface area (Å²) in [5.41, 5.74) is 2.40. The zero-order valence-electron chi connectivity index (χ0n) is 16.3. The second kappa shape index (κ2) is 9.28. The van der Waals surface area contributed by atoms with Gasteiger partial charge in [0.05, 0.1) is 12.9 Å². The first-order valence-electron chi connectivity index (χ1n) is 9.28. The number of anilines is 2. The zero-order chi connectivity index (χ0) is 20.8. The Balaban J connectivity index is 1.48. The Morgan fingerprint density at radius 3 is 2.07 bits per heavy atom. The second-order valence-electron chi connectivity index (χ2n) is 6.29. The minimum absolute atomic E-state index is 0.0819. The van der Waals surface area contributed by atoms with E-state index in [1.165, 1.54) is 11.8 Å².